The smallest absolute Gasteiger partial charge is 0.323 e. The number of aromatic nitrogens is 2. The van der Waals surface area contributed by atoms with E-state index in [-0.39, 0.29) is 11.6 Å². The molecule has 1 aromatic rings. The van der Waals surface area contributed by atoms with E-state index < -0.39 is 34.5 Å². The molecule has 1 unspecified atom stereocenters. The molecule has 1 aliphatic heterocycles. The van der Waals surface area contributed by atoms with E-state index in [1.165, 1.54) is 0 Å². The molecular weight excluding hydrogens is 288 g/mol. The number of carboxylic acids is 1. The van der Waals surface area contributed by atoms with Gasteiger partial charge in [-0.05, 0) is 0 Å². The van der Waals surface area contributed by atoms with Gasteiger partial charge in [-0.1, -0.05) is 6.92 Å². The molecule has 0 aliphatic carbocycles. The summed E-state index contributed by atoms with van der Waals surface area (Å²) < 4.78 is 25.4. The number of aromatic amines is 1. The van der Waals surface area contributed by atoms with Gasteiger partial charge >= 0.3 is 5.97 Å². The predicted octanol–water partition coefficient (Wildman–Crippen LogP) is -1.45. The maximum absolute atomic E-state index is 12.4. The highest BCUT2D eigenvalue weighted by Gasteiger charge is 2.41. The number of aliphatic carboxylic acids is 1. The summed E-state index contributed by atoms with van der Waals surface area (Å²) in [5.41, 5.74) is 0. The highest BCUT2D eigenvalue weighted by Crippen LogP contribution is 2.18. The summed E-state index contributed by atoms with van der Waals surface area (Å²) >= 11 is 0. The lowest BCUT2D eigenvalue weighted by molar-refractivity contribution is -0.143. The van der Waals surface area contributed by atoms with Crippen LogP contribution in [-0.2, 0) is 26.0 Å². The van der Waals surface area contributed by atoms with Gasteiger partial charge in [0.25, 0.3) is 10.0 Å². The Balaban J connectivity index is 2.39. The number of hydrogen-bond acceptors (Lipinski definition) is 5. The van der Waals surface area contributed by atoms with Gasteiger partial charge in [0.1, 0.15) is 11.9 Å². The molecule has 110 valence electrons. The van der Waals surface area contributed by atoms with Gasteiger partial charge < -0.3 is 15.4 Å². The lowest BCUT2D eigenvalue weighted by atomic mass is 10.2. The Bertz CT molecular complexity index is 638. The third kappa shape index (κ3) is 2.51. The van der Waals surface area contributed by atoms with Crippen LogP contribution in [0.15, 0.2) is 11.2 Å². The maximum atomic E-state index is 12.4. The summed E-state index contributed by atoms with van der Waals surface area (Å²) in [4.78, 5) is 29.0. The van der Waals surface area contributed by atoms with Crippen LogP contribution in [0, 0.1) is 0 Å². The van der Waals surface area contributed by atoms with E-state index in [0.717, 1.165) is 6.20 Å². The number of amides is 1. The predicted molar refractivity (Wildman–Crippen MR) is 66.3 cm³/mol. The second-order valence-electron chi connectivity index (χ2n) is 4.26. The standard InChI is InChI=1S/C10H14N4O5S/c1-2-7-11-4-9(13-7)20(18,19)14-5-8(15)12-3-6(14)10(16)17/h4,6H,2-3,5H2,1H3,(H,11,13)(H,12,15)(H,16,17). The summed E-state index contributed by atoms with van der Waals surface area (Å²) in [6.45, 7) is 1.01. The number of piperazine rings is 1. The van der Waals surface area contributed by atoms with Gasteiger partial charge in [0.05, 0.1) is 12.7 Å². The van der Waals surface area contributed by atoms with Crippen LogP contribution in [0.2, 0.25) is 0 Å². The number of carbonyl (C=O) groups excluding carboxylic acids is 1. The number of nitrogens with one attached hydrogen (secondary N) is 2. The molecule has 20 heavy (non-hydrogen) atoms. The first-order valence-electron chi connectivity index (χ1n) is 5.91. The molecule has 1 aromatic heterocycles. The van der Waals surface area contributed by atoms with Gasteiger partial charge in [0.2, 0.25) is 5.91 Å². The van der Waals surface area contributed by atoms with Crippen molar-refractivity contribution in [2.45, 2.75) is 24.4 Å². The van der Waals surface area contributed by atoms with Crippen molar-refractivity contribution in [3.8, 4) is 0 Å². The number of nitrogens with zero attached hydrogens (tertiary/aromatic N) is 2. The van der Waals surface area contributed by atoms with Crippen LogP contribution < -0.4 is 5.32 Å². The molecule has 3 N–H and O–H groups in total. The summed E-state index contributed by atoms with van der Waals surface area (Å²) in [7, 11) is -4.10. The molecule has 2 heterocycles. The second-order valence-corrected chi connectivity index (χ2v) is 6.12. The Kier molecular flexibility index (Phi) is 3.77. The Labute approximate surface area is 115 Å². The van der Waals surface area contributed by atoms with Gasteiger partial charge in [-0.25, -0.2) is 13.4 Å². The van der Waals surface area contributed by atoms with Crippen molar-refractivity contribution in [3.05, 3.63) is 12.0 Å². The fraction of sp³-hybridized carbons (Fsp3) is 0.500. The number of sulfonamides is 1. The van der Waals surface area contributed by atoms with Crippen LogP contribution in [0.3, 0.4) is 0 Å². The van der Waals surface area contributed by atoms with Crippen LogP contribution >= 0.6 is 0 Å². The van der Waals surface area contributed by atoms with Crippen molar-refractivity contribution in [1.82, 2.24) is 19.6 Å². The van der Waals surface area contributed by atoms with Gasteiger partial charge in [-0.15, -0.1) is 0 Å². The zero-order valence-electron chi connectivity index (χ0n) is 10.7. The van der Waals surface area contributed by atoms with Crippen LogP contribution in [-0.4, -0.2) is 58.8 Å². The highest BCUT2D eigenvalue weighted by molar-refractivity contribution is 7.89. The van der Waals surface area contributed by atoms with Gasteiger partial charge in [-0.2, -0.15) is 4.31 Å². The molecule has 0 spiro atoms. The molecular formula is C10H14N4O5S. The first-order chi connectivity index (χ1) is 9.36. The summed E-state index contributed by atoms with van der Waals surface area (Å²) in [5.74, 6) is -1.39. The van der Waals surface area contributed by atoms with Crippen LogP contribution in [0.1, 0.15) is 12.7 Å². The largest absolute Gasteiger partial charge is 0.480 e. The topological polar surface area (TPSA) is 132 Å². The average Bonchev–Trinajstić information content (AvgIpc) is 2.87. The molecule has 10 heteroatoms. The van der Waals surface area contributed by atoms with E-state index in [9.17, 15) is 18.0 Å². The molecule has 1 aliphatic rings. The molecule has 1 saturated heterocycles. The van der Waals surface area contributed by atoms with E-state index in [1.54, 1.807) is 6.92 Å². The fourth-order valence-corrected chi connectivity index (χ4v) is 3.34. The average molecular weight is 302 g/mol. The van der Waals surface area contributed by atoms with E-state index in [2.05, 4.69) is 15.3 Å². The zero-order chi connectivity index (χ0) is 14.9. The van der Waals surface area contributed by atoms with E-state index in [4.69, 9.17) is 5.11 Å². The second kappa shape index (κ2) is 5.21. The van der Waals surface area contributed by atoms with Crippen molar-refractivity contribution < 1.29 is 23.1 Å². The van der Waals surface area contributed by atoms with Crippen molar-refractivity contribution in [3.63, 3.8) is 0 Å². The number of carbonyl (C=O) groups is 2. The van der Waals surface area contributed by atoms with Crippen molar-refractivity contribution >= 4 is 21.9 Å². The monoisotopic (exact) mass is 302 g/mol. The van der Waals surface area contributed by atoms with Crippen molar-refractivity contribution in [1.29, 1.82) is 0 Å². The van der Waals surface area contributed by atoms with Crippen LogP contribution in [0.5, 0.6) is 0 Å². The molecule has 1 fully saturated rings. The normalized spacial score (nSPS) is 20.6. The molecule has 9 nitrogen and oxygen atoms in total. The quantitative estimate of drug-likeness (QED) is 0.623. The number of imidazole rings is 1. The van der Waals surface area contributed by atoms with Gasteiger partial charge in [0, 0.05) is 13.0 Å². The summed E-state index contributed by atoms with van der Waals surface area (Å²) in [6.07, 6.45) is 1.64. The van der Waals surface area contributed by atoms with Crippen molar-refractivity contribution in [2.24, 2.45) is 0 Å². The zero-order valence-corrected chi connectivity index (χ0v) is 11.5. The number of aryl methyl sites for hydroxylation is 1. The van der Waals surface area contributed by atoms with E-state index in [0.29, 0.717) is 16.6 Å². The summed E-state index contributed by atoms with van der Waals surface area (Å²) in [6, 6.07) is -1.33. The highest BCUT2D eigenvalue weighted by atomic mass is 32.2. The molecule has 1 atom stereocenters. The minimum Gasteiger partial charge on any atom is -0.480 e. The van der Waals surface area contributed by atoms with Crippen LogP contribution in [0.25, 0.3) is 0 Å². The molecule has 2 rings (SSSR count). The molecule has 1 amide bonds. The Morgan fingerprint density at radius 1 is 1.60 bits per heavy atom. The molecule has 0 aromatic carbocycles. The number of carboxylic acid groups (broad SMARTS) is 1. The maximum Gasteiger partial charge on any atom is 0.323 e. The third-order valence-electron chi connectivity index (χ3n) is 2.95. The number of hydrogen-bond donors (Lipinski definition) is 3. The Hall–Kier alpha value is -1.94. The third-order valence-corrected chi connectivity index (χ3v) is 4.72. The molecule has 0 radical (unpaired) electrons. The molecule has 0 saturated carbocycles. The van der Waals surface area contributed by atoms with E-state index in [1.807, 2.05) is 0 Å². The first-order valence-corrected chi connectivity index (χ1v) is 7.35. The van der Waals surface area contributed by atoms with Gasteiger partial charge in [0.15, 0.2) is 5.03 Å². The first kappa shape index (κ1) is 14.5. The fourth-order valence-electron chi connectivity index (χ4n) is 1.86. The number of rotatable bonds is 4. The lowest BCUT2D eigenvalue weighted by Crippen LogP contribution is -2.59. The Morgan fingerprint density at radius 2 is 2.30 bits per heavy atom. The Morgan fingerprint density at radius 3 is 2.85 bits per heavy atom. The summed E-state index contributed by atoms with van der Waals surface area (Å²) in [5, 5.41) is 11.2. The molecule has 0 bridgehead atoms. The minimum absolute atomic E-state index is 0.213. The SMILES string of the molecule is CCc1ncc(S(=O)(=O)N2CC(=O)NCC2C(=O)O)[nH]1. The van der Waals surface area contributed by atoms with Gasteiger partial charge in [-0.3, -0.25) is 9.59 Å². The van der Waals surface area contributed by atoms with E-state index >= 15 is 0 Å². The van der Waals surface area contributed by atoms with Crippen LogP contribution in [0.4, 0.5) is 0 Å². The minimum atomic E-state index is -4.10. The lowest BCUT2D eigenvalue weighted by Gasteiger charge is -2.31. The number of H-pyrrole nitrogens is 1. The van der Waals surface area contributed by atoms with Crippen molar-refractivity contribution in [2.75, 3.05) is 13.1 Å².